The summed E-state index contributed by atoms with van der Waals surface area (Å²) in [7, 11) is 1.95. The summed E-state index contributed by atoms with van der Waals surface area (Å²) in [6, 6.07) is 0. The third-order valence-electron chi connectivity index (χ3n) is 1.16. The Bertz CT molecular complexity index is 88.1. The standard InChI is InChI=1S/C7H18N2O/c1-7(2,8)6-9(3)4-5-10/h10H,4-6,8H2,1-3H3. The quantitative estimate of drug-likeness (QED) is 0.570. The molecule has 0 atom stereocenters. The Morgan fingerprint density at radius 2 is 2.00 bits per heavy atom. The number of aliphatic hydroxyl groups is 1. The molecule has 0 bridgehead atoms. The maximum absolute atomic E-state index is 8.55. The van der Waals surface area contributed by atoms with E-state index in [0.717, 1.165) is 6.54 Å². The third-order valence-corrected chi connectivity index (χ3v) is 1.16. The van der Waals surface area contributed by atoms with Crippen LogP contribution in [0.1, 0.15) is 13.8 Å². The first kappa shape index (κ1) is 9.88. The first-order chi connectivity index (χ1) is 4.45. The van der Waals surface area contributed by atoms with E-state index in [9.17, 15) is 0 Å². The Morgan fingerprint density at radius 3 is 2.30 bits per heavy atom. The van der Waals surface area contributed by atoms with Gasteiger partial charge in [0.05, 0.1) is 6.61 Å². The van der Waals surface area contributed by atoms with Gasteiger partial charge in [-0.1, -0.05) is 0 Å². The van der Waals surface area contributed by atoms with Gasteiger partial charge in [-0.05, 0) is 20.9 Å². The lowest BCUT2D eigenvalue weighted by molar-refractivity contribution is 0.200. The molecule has 0 unspecified atom stereocenters. The highest BCUT2D eigenvalue weighted by atomic mass is 16.3. The lowest BCUT2D eigenvalue weighted by Crippen LogP contribution is -2.44. The zero-order valence-electron chi connectivity index (χ0n) is 7.09. The zero-order chi connectivity index (χ0) is 8.20. The second kappa shape index (κ2) is 3.91. The van der Waals surface area contributed by atoms with E-state index in [1.54, 1.807) is 0 Å². The summed E-state index contributed by atoms with van der Waals surface area (Å²) >= 11 is 0. The van der Waals surface area contributed by atoms with Crippen molar-refractivity contribution in [2.75, 3.05) is 26.7 Å². The molecule has 3 nitrogen and oxygen atoms in total. The second-order valence-electron chi connectivity index (χ2n) is 3.45. The number of nitrogens with zero attached hydrogens (tertiary/aromatic N) is 1. The molecule has 3 heteroatoms. The molecule has 0 radical (unpaired) electrons. The first-order valence-electron chi connectivity index (χ1n) is 3.54. The van der Waals surface area contributed by atoms with E-state index in [1.165, 1.54) is 0 Å². The topological polar surface area (TPSA) is 49.5 Å². The summed E-state index contributed by atoms with van der Waals surface area (Å²) in [5, 5.41) is 8.55. The average molecular weight is 146 g/mol. The molecule has 0 aliphatic rings. The molecule has 0 fully saturated rings. The minimum Gasteiger partial charge on any atom is -0.395 e. The molecule has 0 aromatic rings. The molecule has 0 aliphatic carbocycles. The first-order valence-corrected chi connectivity index (χ1v) is 3.54. The molecule has 0 rings (SSSR count). The highest BCUT2D eigenvalue weighted by molar-refractivity contribution is 4.75. The summed E-state index contributed by atoms with van der Waals surface area (Å²) in [5.74, 6) is 0. The summed E-state index contributed by atoms with van der Waals surface area (Å²) in [4.78, 5) is 2.01. The van der Waals surface area contributed by atoms with Crippen LogP contribution in [0.5, 0.6) is 0 Å². The van der Waals surface area contributed by atoms with E-state index < -0.39 is 0 Å². The molecule has 0 aromatic carbocycles. The van der Waals surface area contributed by atoms with Crippen molar-refractivity contribution in [2.45, 2.75) is 19.4 Å². The number of likely N-dealkylation sites (N-methyl/N-ethyl adjacent to an activating group) is 1. The number of hydrogen-bond acceptors (Lipinski definition) is 3. The van der Waals surface area contributed by atoms with Crippen LogP contribution in [0, 0.1) is 0 Å². The van der Waals surface area contributed by atoms with Crippen molar-refractivity contribution in [1.82, 2.24) is 4.90 Å². The fraction of sp³-hybridized carbons (Fsp3) is 1.00. The van der Waals surface area contributed by atoms with Crippen molar-refractivity contribution in [3.8, 4) is 0 Å². The second-order valence-corrected chi connectivity index (χ2v) is 3.45. The van der Waals surface area contributed by atoms with Crippen molar-refractivity contribution in [3.05, 3.63) is 0 Å². The predicted octanol–water partition coefficient (Wildman–Crippen LogP) is -0.352. The van der Waals surface area contributed by atoms with E-state index in [1.807, 2.05) is 25.8 Å². The van der Waals surface area contributed by atoms with Crippen LogP contribution in [0.25, 0.3) is 0 Å². The maximum Gasteiger partial charge on any atom is 0.0558 e. The third kappa shape index (κ3) is 6.01. The van der Waals surface area contributed by atoms with E-state index in [-0.39, 0.29) is 12.1 Å². The van der Waals surface area contributed by atoms with Gasteiger partial charge in [0.2, 0.25) is 0 Å². The van der Waals surface area contributed by atoms with Crippen LogP contribution in [-0.4, -0.2) is 42.3 Å². The monoisotopic (exact) mass is 146 g/mol. The molecule has 0 saturated carbocycles. The highest BCUT2D eigenvalue weighted by Gasteiger charge is 2.12. The van der Waals surface area contributed by atoms with Gasteiger partial charge in [0.15, 0.2) is 0 Å². The van der Waals surface area contributed by atoms with Crippen LogP contribution in [0.15, 0.2) is 0 Å². The maximum atomic E-state index is 8.55. The lowest BCUT2D eigenvalue weighted by atomic mass is 10.1. The van der Waals surface area contributed by atoms with E-state index >= 15 is 0 Å². The molecule has 0 spiro atoms. The van der Waals surface area contributed by atoms with Crippen molar-refractivity contribution >= 4 is 0 Å². The van der Waals surface area contributed by atoms with E-state index in [4.69, 9.17) is 10.8 Å². The van der Waals surface area contributed by atoms with Crippen LogP contribution in [0.4, 0.5) is 0 Å². The molecule has 10 heavy (non-hydrogen) atoms. The van der Waals surface area contributed by atoms with Gasteiger partial charge in [-0.2, -0.15) is 0 Å². The largest absolute Gasteiger partial charge is 0.395 e. The highest BCUT2D eigenvalue weighted by Crippen LogP contribution is 1.97. The summed E-state index contributed by atoms with van der Waals surface area (Å²) in [6.07, 6.45) is 0. The van der Waals surface area contributed by atoms with Crippen molar-refractivity contribution < 1.29 is 5.11 Å². The van der Waals surface area contributed by atoms with Crippen molar-refractivity contribution in [3.63, 3.8) is 0 Å². The van der Waals surface area contributed by atoms with Crippen LogP contribution in [0.3, 0.4) is 0 Å². The van der Waals surface area contributed by atoms with Gasteiger partial charge in [-0.15, -0.1) is 0 Å². The summed E-state index contributed by atoms with van der Waals surface area (Å²) in [5.41, 5.74) is 5.58. The zero-order valence-corrected chi connectivity index (χ0v) is 7.09. The molecule has 0 aliphatic heterocycles. The van der Waals surface area contributed by atoms with Gasteiger partial charge >= 0.3 is 0 Å². The Morgan fingerprint density at radius 1 is 1.50 bits per heavy atom. The van der Waals surface area contributed by atoms with Crippen LogP contribution in [0.2, 0.25) is 0 Å². The molecule has 0 aromatic heterocycles. The van der Waals surface area contributed by atoms with Crippen LogP contribution < -0.4 is 5.73 Å². The average Bonchev–Trinajstić information content (AvgIpc) is 1.59. The SMILES string of the molecule is CN(CCO)CC(C)(C)N. The normalized spacial score (nSPS) is 12.6. The molecule has 0 amide bonds. The van der Waals surface area contributed by atoms with Gasteiger partial charge < -0.3 is 15.7 Å². The van der Waals surface area contributed by atoms with Gasteiger partial charge in [0, 0.05) is 18.6 Å². The summed E-state index contributed by atoms with van der Waals surface area (Å²) < 4.78 is 0. The molecular formula is C7H18N2O. The van der Waals surface area contributed by atoms with Gasteiger partial charge in [0.25, 0.3) is 0 Å². The Hall–Kier alpha value is -0.120. The molecular weight excluding hydrogens is 128 g/mol. The summed E-state index contributed by atoms with van der Waals surface area (Å²) in [6.45, 7) is 5.66. The molecule has 0 heterocycles. The number of hydrogen-bond donors (Lipinski definition) is 2. The van der Waals surface area contributed by atoms with Crippen molar-refractivity contribution in [1.29, 1.82) is 0 Å². The molecule has 62 valence electrons. The Labute approximate surface area is 62.8 Å². The lowest BCUT2D eigenvalue weighted by Gasteiger charge is -2.25. The molecule has 0 saturated heterocycles. The van der Waals surface area contributed by atoms with Crippen LogP contribution in [-0.2, 0) is 0 Å². The number of aliphatic hydroxyl groups excluding tert-OH is 1. The fourth-order valence-electron chi connectivity index (χ4n) is 0.945. The number of nitrogens with two attached hydrogens (primary N) is 1. The Kier molecular flexibility index (Phi) is 3.86. The van der Waals surface area contributed by atoms with Gasteiger partial charge in [-0.3, -0.25) is 0 Å². The van der Waals surface area contributed by atoms with Crippen molar-refractivity contribution in [2.24, 2.45) is 5.73 Å². The fourth-order valence-corrected chi connectivity index (χ4v) is 0.945. The predicted molar refractivity (Wildman–Crippen MR) is 42.8 cm³/mol. The molecule has 3 N–H and O–H groups in total. The smallest absolute Gasteiger partial charge is 0.0558 e. The van der Waals surface area contributed by atoms with Gasteiger partial charge in [-0.25, -0.2) is 0 Å². The Balaban J connectivity index is 3.47. The minimum atomic E-state index is -0.163. The van der Waals surface area contributed by atoms with E-state index in [2.05, 4.69) is 0 Å². The van der Waals surface area contributed by atoms with Crippen LogP contribution >= 0.6 is 0 Å². The number of rotatable bonds is 4. The van der Waals surface area contributed by atoms with E-state index in [0.29, 0.717) is 6.54 Å². The van der Waals surface area contributed by atoms with Gasteiger partial charge in [0.1, 0.15) is 0 Å². The minimum absolute atomic E-state index is 0.163.